The van der Waals surface area contributed by atoms with Gasteiger partial charge in [-0.25, -0.2) is 0 Å². The third kappa shape index (κ3) is 1.74. The Labute approximate surface area is 93.5 Å². The Hall–Kier alpha value is -1.62. The van der Waals surface area contributed by atoms with Crippen LogP contribution in [0.4, 0.5) is 11.4 Å². The zero-order valence-electron chi connectivity index (χ0n) is 9.09. The number of hydrogen-bond donors (Lipinski definition) is 1. The quantitative estimate of drug-likeness (QED) is 0.619. The molecule has 86 valence electrons. The molecule has 16 heavy (non-hydrogen) atoms. The van der Waals surface area contributed by atoms with Gasteiger partial charge in [0.2, 0.25) is 0 Å². The highest BCUT2D eigenvalue weighted by atomic mass is 16.6. The van der Waals surface area contributed by atoms with E-state index in [1.54, 1.807) is 13.0 Å². The first-order valence-electron chi connectivity index (χ1n) is 5.23. The van der Waals surface area contributed by atoms with Crippen molar-refractivity contribution in [3.63, 3.8) is 0 Å². The molecule has 0 radical (unpaired) electrons. The molecule has 1 aromatic carbocycles. The summed E-state index contributed by atoms with van der Waals surface area (Å²) in [7, 11) is 0. The minimum atomic E-state index is -0.359. The van der Waals surface area contributed by atoms with E-state index >= 15 is 0 Å². The summed E-state index contributed by atoms with van der Waals surface area (Å²) in [6.07, 6.45) is 0. The summed E-state index contributed by atoms with van der Waals surface area (Å²) in [5.74, 6) is 0.304. The summed E-state index contributed by atoms with van der Waals surface area (Å²) in [6, 6.07) is 5.10. The Morgan fingerprint density at radius 1 is 1.56 bits per heavy atom. The van der Waals surface area contributed by atoms with Crippen molar-refractivity contribution in [1.29, 1.82) is 0 Å². The molecule has 1 aliphatic rings. The van der Waals surface area contributed by atoms with Crippen LogP contribution < -0.4 is 4.90 Å². The van der Waals surface area contributed by atoms with Gasteiger partial charge in [0, 0.05) is 37.4 Å². The topological polar surface area (TPSA) is 66.6 Å². The summed E-state index contributed by atoms with van der Waals surface area (Å²) in [4.78, 5) is 12.5. The lowest BCUT2D eigenvalue weighted by atomic mass is 9.98. The fourth-order valence-electron chi connectivity index (χ4n) is 2.03. The van der Waals surface area contributed by atoms with Gasteiger partial charge in [-0.3, -0.25) is 10.1 Å². The highest BCUT2D eigenvalue weighted by Gasteiger charge is 2.28. The molecule has 0 aliphatic carbocycles. The first-order valence-corrected chi connectivity index (χ1v) is 5.23. The molecule has 0 aromatic heterocycles. The summed E-state index contributed by atoms with van der Waals surface area (Å²) in [5, 5.41) is 19.7. The van der Waals surface area contributed by atoms with Crippen LogP contribution in [0.1, 0.15) is 5.56 Å². The van der Waals surface area contributed by atoms with Gasteiger partial charge >= 0.3 is 0 Å². The second-order valence-electron chi connectivity index (χ2n) is 4.13. The minimum Gasteiger partial charge on any atom is -0.396 e. The molecular weight excluding hydrogens is 208 g/mol. The monoisotopic (exact) mass is 222 g/mol. The molecule has 0 saturated carbocycles. The normalized spacial score (nSPS) is 16.0. The van der Waals surface area contributed by atoms with E-state index < -0.39 is 0 Å². The van der Waals surface area contributed by atoms with Gasteiger partial charge in [-0.2, -0.15) is 0 Å². The van der Waals surface area contributed by atoms with E-state index in [-0.39, 0.29) is 17.2 Å². The lowest BCUT2D eigenvalue weighted by Crippen LogP contribution is -2.48. The number of benzene rings is 1. The summed E-state index contributed by atoms with van der Waals surface area (Å²) < 4.78 is 0. The van der Waals surface area contributed by atoms with E-state index in [1.807, 2.05) is 6.07 Å². The van der Waals surface area contributed by atoms with E-state index in [4.69, 9.17) is 5.11 Å². The van der Waals surface area contributed by atoms with Gasteiger partial charge in [-0.15, -0.1) is 0 Å². The molecular formula is C11H14N2O3. The smallest absolute Gasteiger partial charge is 0.274 e. The number of nitrogens with zero attached hydrogens (tertiary/aromatic N) is 2. The lowest BCUT2D eigenvalue weighted by molar-refractivity contribution is -0.385. The van der Waals surface area contributed by atoms with Gasteiger partial charge in [0.05, 0.1) is 10.5 Å². The SMILES string of the molecule is Cc1c(N2CC(CO)C2)cccc1[N+](=O)[O-]. The van der Waals surface area contributed by atoms with Crippen molar-refractivity contribution in [2.45, 2.75) is 6.92 Å². The largest absolute Gasteiger partial charge is 0.396 e. The van der Waals surface area contributed by atoms with Crippen molar-refractivity contribution in [3.05, 3.63) is 33.9 Å². The van der Waals surface area contributed by atoms with Crippen LogP contribution in [-0.2, 0) is 0 Å². The molecule has 0 amide bonds. The van der Waals surface area contributed by atoms with Crippen LogP contribution >= 0.6 is 0 Å². The Morgan fingerprint density at radius 3 is 2.81 bits per heavy atom. The fraction of sp³-hybridized carbons (Fsp3) is 0.455. The summed E-state index contributed by atoms with van der Waals surface area (Å²) in [5.41, 5.74) is 1.76. The predicted molar refractivity (Wildman–Crippen MR) is 60.6 cm³/mol. The third-order valence-electron chi connectivity index (χ3n) is 3.03. The highest BCUT2D eigenvalue weighted by molar-refractivity contribution is 5.62. The highest BCUT2D eigenvalue weighted by Crippen LogP contribution is 2.32. The maximum Gasteiger partial charge on any atom is 0.274 e. The molecule has 2 rings (SSSR count). The molecule has 1 aromatic rings. The van der Waals surface area contributed by atoms with Crippen LogP contribution in [-0.4, -0.2) is 29.7 Å². The summed E-state index contributed by atoms with van der Waals surface area (Å²) in [6.45, 7) is 3.50. The van der Waals surface area contributed by atoms with E-state index in [0.29, 0.717) is 11.5 Å². The Kier molecular flexibility index (Phi) is 2.78. The van der Waals surface area contributed by atoms with Crippen molar-refractivity contribution in [3.8, 4) is 0 Å². The minimum absolute atomic E-state index is 0.157. The molecule has 5 nitrogen and oxygen atoms in total. The molecule has 0 bridgehead atoms. The zero-order chi connectivity index (χ0) is 11.7. The molecule has 1 fully saturated rings. The van der Waals surface area contributed by atoms with Crippen molar-refractivity contribution < 1.29 is 10.0 Å². The first-order chi connectivity index (χ1) is 7.63. The van der Waals surface area contributed by atoms with E-state index in [1.165, 1.54) is 6.07 Å². The van der Waals surface area contributed by atoms with Crippen LogP contribution in [0.3, 0.4) is 0 Å². The average Bonchev–Trinajstić information content (AvgIpc) is 2.18. The maximum atomic E-state index is 10.8. The van der Waals surface area contributed by atoms with Gasteiger partial charge in [0.25, 0.3) is 5.69 Å². The second-order valence-corrected chi connectivity index (χ2v) is 4.13. The Bertz CT molecular complexity index is 414. The first kappa shape index (κ1) is 10.9. The average molecular weight is 222 g/mol. The molecule has 1 aliphatic heterocycles. The number of aliphatic hydroxyl groups is 1. The molecule has 1 N–H and O–H groups in total. The molecule has 0 spiro atoms. The number of nitro groups is 1. The number of nitro benzene ring substituents is 1. The molecule has 0 atom stereocenters. The number of hydrogen-bond acceptors (Lipinski definition) is 4. The van der Waals surface area contributed by atoms with Crippen LogP contribution in [0, 0.1) is 23.0 Å². The maximum absolute atomic E-state index is 10.8. The standard InChI is InChI=1S/C11H14N2O3/c1-8-10(12-5-9(6-12)7-14)3-2-4-11(8)13(15)16/h2-4,9,14H,5-7H2,1H3. The van der Waals surface area contributed by atoms with E-state index in [0.717, 1.165) is 18.8 Å². The number of rotatable bonds is 3. The second kappa shape index (κ2) is 4.09. The van der Waals surface area contributed by atoms with Crippen molar-refractivity contribution in [2.75, 3.05) is 24.6 Å². The Morgan fingerprint density at radius 2 is 2.25 bits per heavy atom. The van der Waals surface area contributed by atoms with Gasteiger partial charge < -0.3 is 10.0 Å². The van der Waals surface area contributed by atoms with Crippen LogP contribution in [0.25, 0.3) is 0 Å². The lowest BCUT2D eigenvalue weighted by Gasteiger charge is -2.40. The van der Waals surface area contributed by atoms with Gasteiger partial charge in [0.1, 0.15) is 0 Å². The van der Waals surface area contributed by atoms with Crippen LogP contribution in [0.5, 0.6) is 0 Å². The van der Waals surface area contributed by atoms with Crippen molar-refractivity contribution >= 4 is 11.4 Å². The van der Waals surface area contributed by atoms with Crippen LogP contribution in [0.15, 0.2) is 18.2 Å². The molecule has 1 heterocycles. The van der Waals surface area contributed by atoms with Gasteiger partial charge in [0.15, 0.2) is 0 Å². The number of anilines is 1. The molecule has 0 unspecified atom stereocenters. The van der Waals surface area contributed by atoms with E-state index in [2.05, 4.69) is 4.90 Å². The third-order valence-corrected chi connectivity index (χ3v) is 3.03. The van der Waals surface area contributed by atoms with Gasteiger partial charge in [-0.05, 0) is 13.0 Å². The fourth-order valence-corrected chi connectivity index (χ4v) is 2.03. The van der Waals surface area contributed by atoms with E-state index in [9.17, 15) is 10.1 Å². The summed E-state index contributed by atoms with van der Waals surface area (Å²) >= 11 is 0. The predicted octanol–water partition coefficient (Wildman–Crippen LogP) is 1.33. The number of aliphatic hydroxyl groups excluding tert-OH is 1. The molecule has 5 heteroatoms. The Balaban J connectivity index is 2.23. The van der Waals surface area contributed by atoms with Crippen molar-refractivity contribution in [2.24, 2.45) is 5.92 Å². The molecule has 1 saturated heterocycles. The van der Waals surface area contributed by atoms with Gasteiger partial charge in [-0.1, -0.05) is 6.07 Å². The van der Waals surface area contributed by atoms with Crippen molar-refractivity contribution in [1.82, 2.24) is 0 Å². The zero-order valence-corrected chi connectivity index (χ0v) is 9.09. The van der Waals surface area contributed by atoms with Crippen LogP contribution in [0.2, 0.25) is 0 Å².